The van der Waals surface area contributed by atoms with Crippen LogP contribution in [-0.4, -0.2) is 24.1 Å². The van der Waals surface area contributed by atoms with E-state index in [0.29, 0.717) is 5.56 Å². The summed E-state index contributed by atoms with van der Waals surface area (Å²) in [5, 5.41) is 0. The number of carbonyl (C=O) groups excluding carboxylic acids is 2. The number of aryl methyl sites for hydroxylation is 1. The maximum atomic E-state index is 12.2. The minimum absolute atomic E-state index is 0.246. The lowest BCUT2D eigenvalue weighted by Gasteiger charge is -2.21. The van der Waals surface area contributed by atoms with Crippen molar-refractivity contribution in [2.75, 3.05) is 6.61 Å². The Kier molecular flexibility index (Phi) is 4.70. The molecule has 0 fully saturated rings. The number of benzene rings is 1. The molecule has 1 rings (SSSR count). The van der Waals surface area contributed by atoms with Crippen LogP contribution in [0.25, 0.3) is 0 Å². The number of carbonyl (C=O) groups is 2. The van der Waals surface area contributed by atoms with Gasteiger partial charge in [-0.1, -0.05) is 12.1 Å². The Morgan fingerprint density at radius 1 is 1.16 bits per heavy atom. The van der Waals surface area contributed by atoms with Crippen molar-refractivity contribution >= 4 is 11.9 Å². The predicted molar refractivity (Wildman–Crippen MR) is 72.3 cm³/mol. The predicted octanol–water partition coefficient (Wildman–Crippen LogP) is 3.13. The van der Waals surface area contributed by atoms with Crippen LogP contribution in [0, 0.1) is 6.92 Å². The lowest BCUT2D eigenvalue weighted by atomic mass is 10.0. The van der Waals surface area contributed by atoms with Crippen LogP contribution in [0.1, 0.15) is 54.0 Å². The molecule has 0 saturated heterocycles. The van der Waals surface area contributed by atoms with E-state index in [0.717, 1.165) is 0 Å². The van der Waals surface area contributed by atoms with Crippen LogP contribution in [0.3, 0.4) is 0 Å². The van der Waals surface area contributed by atoms with Gasteiger partial charge in [0.1, 0.15) is 5.60 Å². The molecule has 0 amide bonds. The highest BCUT2D eigenvalue weighted by Crippen LogP contribution is 2.20. The molecule has 0 aliphatic heterocycles. The van der Waals surface area contributed by atoms with E-state index < -0.39 is 17.5 Å². The van der Waals surface area contributed by atoms with Crippen molar-refractivity contribution in [1.29, 1.82) is 0 Å². The van der Waals surface area contributed by atoms with Crippen LogP contribution >= 0.6 is 0 Å². The van der Waals surface area contributed by atoms with Gasteiger partial charge in [-0.25, -0.2) is 9.59 Å². The monoisotopic (exact) mass is 264 g/mol. The maximum Gasteiger partial charge on any atom is 0.339 e. The molecular weight excluding hydrogens is 244 g/mol. The molecule has 0 saturated carbocycles. The Hall–Kier alpha value is -1.84. The van der Waals surface area contributed by atoms with Crippen molar-refractivity contribution in [3.8, 4) is 0 Å². The smallest absolute Gasteiger partial charge is 0.339 e. The molecule has 0 atom stereocenters. The van der Waals surface area contributed by atoms with Gasteiger partial charge >= 0.3 is 11.9 Å². The standard InChI is InChI=1S/C15H20O4/c1-6-18-13(16)11-9-7-8-10(2)12(11)14(17)19-15(3,4)5/h7-9H,6H2,1-5H3. The normalized spacial score (nSPS) is 11.0. The van der Waals surface area contributed by atoms with Gasteiger partial charge in [-0.3, -0.25) is 0 Å². The molecule has 0 heterocycles. The van der Waals surface area contributed by atoms with E-state index in [9.17, 15) is 9.59 Å². The number of rotatable bonds is 3. The fraction of sp³-hybridized carbons (Fsp3) is 0.467. The van der Waals surface area contributed by atoms with Crippen molar-refractivity contribution < 1.29 is 19.1 Å². The van der Waals surface area contributed by atoms with Gasteiger partial charge in [-0.2, -0.15) is 0 Å². The Morgan fingerprint density at radius 3 is 2.32 bits per heavy atom. The molecule has 0 bridgehead atoms. The first-order valence-electron chi connectivity index (χ1n) is 6.26. The molecule has 0 aliphatic carbocycles. The summed E-state index contributed by atoms with van der Waals surface area (Å²) in [7, 11) is 0. The highest BCUT2D eigenvalue weighted by molar-refractivity contribution is 6.04. The third kappa shape index (κ3) is 4.09. The average Bonchev–Trinajstić information content (AvgIpc) is 2.26. The second-order valence-corrected chi connectivity index (χ2v) is 5.22. The molecule has 0 spiro atoms. The number of hydrogen-bond donors (Lipinski definition) is 0. The first kappa shape index (κ1) is 15.2. The summed E-state index contributed by atoms with van der Waals surface area (Å²) in [6.07, 6.45) is 0. The van der Waals surface area contributed by atoms with Crippen LogP contribution in [-0.2, 0) is 9.47 Å². The third-order valence-corrected chi connectivity index (χ3v) is 2.37. The Morgan fingerprint density at radius 2 is 1.79 bits per heavy atom. The molecule has 1 aromatic carbocycles. The maximum absolute atomic E-state index is 12.2. The van der Waals surface area contributed by atoms with E-state index in [1.807, 2.05) is 0 Å². The molecule has 0 aromatic heterocycles. The highest BCUT2D eigenvalue weighted by atomic mass is 16.6. The van der Waals surface area contributed by atoms with E-state index in [-0.39, 0.29) is 17.7 Å². The van der Waals surface area contributed by atoms with Crippen LogP contribution in [0.2, 0.25) is 0 Å². The average molecular weight is 264 g/mol. The molecule has 104 valence electrons. The summed E-state index contributed by atoms with van der Waals surface area (Å²) >= 11 is 0. The fourth-order valence-corrected chi connectivity index (χ4v) is 1.65. The van der Waals surface area contributed by atoms with Gasteiger partial charge in [0.05, 0.1) is 17.7 Å². The fourth-order valence-electron chi connectivity index (χ4n) is 1.65. The minimum atomic E-state index is -0.606. The summed E-state index contributed by atoms with van der Waals surface area (Å²) < 4.78 is 10.3. The molecular formula is C15H20O4. The van der Waals surface area contributed by atoms with Crippen LogP contribution in [0.4, 0.5) is 0 Å². The SMILES string of the molecule is CCOC(=O)c1cccc(C)c1C(=O)OC(C)(C)C. The van der Waals surface area contributed by atoms with Crippen molar-refractivity contribution in [3.63, 3.8) is 0 Å². The first-order valence-corrected chi connectivity index (χ1v) is 6.26. The van der Waals surface area contributed by atoms with Crippen LogP contribution in [0.5, 0.6) is 0 Å². The third-order valence-electron chi connectivity index (χ3n) is 2.37. The van der Waals surface area contributed by atoms with Gasteiger partial charge < -0.3 is 9.47 Å². The van der Waals surface area contributed by atoms with Crippen molar-refractivity contribution in [1.82, 2.24) is 0 Å². The Labute approximate surface area is 113 Å². The second-order valence-electron chi connectivity index (χ2n) is 5.22. The molecule has 4 heteroatoms. The van der Waals surface area contributed by atoms with Gasteiger partial charge in [0.25, 0.3) is 0 Å². The highest BCUT2D eigenvalue weighted by Gasteiger charge is 2.25. The summed E-state index contributed by atoms with van der Waals surface area (Å²) in [5.41, 5.74) is 0.609. The lowest BCUT2D eigenvalue weighted by molar-refractivity contribution is 0.00635. The van der Waals surface area contributed by atoms with Crippen LogP contribution in [0.15, 0.2) is 18.2 Å². The van der Waals surface area contributed by atoms with E-state index in [2.05, 4.69) is 0 Å². The zero-order chi connectivity index (χ0) is 14.6. The van der Waals surface area contributed by atoms with Crippen LogP contribution < -0.4 is 0 Å². The summed E-state index contributed by atoms with van der Waals surface area (Å²) in [6.45, 7) is 9.11. The van der Waals surface area contributed by atoms with E-state index in [1.54, 1.807) is 52.8 Å². The van der Waals surface area contributed by atoms with Gasteiger partial charge in [-0.15, -0.1) is 0 Å². The second kappa shape index (κ2) is 5.87. The van der Waals surface area contributed by atoms with Gasteiger partial charge in [0, 0.05) is 0 Å². The number of hydrogen-bond acceptors (Lipinski definition) is 4. The number of esters is 2. The largest absolute Gasteiger partial charge is 0.462 e. The molecule has 0 unspecified atom stereocenters. The Balaban J connectivity index is 3.18. The topological polar surface area (TPSA) is 52.6 Å². The van der Waals surface area contributed by atoms with Crippen molar-refractivity contribution in [2.24, 2.45) is 0 Å². The minimum Gasteiger partial charge on any atom is -0.462 e. The van der Waals surface area contributed by atoms with Crippen molar-refractivity contribution in [3.05, 3.63) is 34.9 Å². The quantitative estimate of drug-likeness (QED) is 0.787. The summed E-state index contributed by atoms with van der Waals surface area (Å²) in [6, 6.07) is 5.06. The molecule has 0 N–H and O–H groups in total. The summed E-state index contributed by atoms with van der Waals surface area (Å²) in [5.74, 6) is -1.01. The van der Waals surface area contributed by atoms with E-state index in [4.69, 9.17) is 9.47 Å². The molecule has 4 nitrogen and oxygen atoms in total. The van der Waals surface area contributed by atoms with Gasteiger partial charge in [-0.05, 0) is 46.2 Å². The van der Waals surface area contributed by atoms with E-state index in [1.165, 1.54) is 0 Å². The molecule has 0 aliphatic rings. The van der Waals surface area contributed by atoms with Gasteiger partial charge in [0.15, 0.2) is 0 Å². The molecule has 0 radical (unpaired) electrons. The first-order chi connectivity index (χ1) is 8.76. The molecule has 1 aromatic rings. The van der Waals surface area contributed by atoms with E-state index >= 15 is 0 Å². The zero-order valence-corrected chi connectivity index (χ0v) is 12.1. The summed E-state index contributed by atoms with van der Waals surface area (Å²) in [4.78, 5) is 24.0. The lowest BCUT2D eigenvalue weighted by Crippen LogP contribution is -2.26. The zero-order valence-electron chi connectivity index (χ0n) is 12.1. The van der Waals surface area contributed by atoms with Gasteiger partial charge in [0.2, 0.25) is 0 Å². The van der Waals surface area contributed by atoms with Crippen molar-refractivity contribution in [2.45, 2.75) is 40.2 Å². The molecule has 19 heavy (non-hydrogen) atoms. The number of ether oxygens (including phenoxy) is 2. The Bertz CT molecular complexity index is 483.